The summed E-state index contributed by atoms with van der Waals surface area (Å²) in [5.74, 6) is 0.975. The van der Waals surface area contributed by atoms with Crippen molar-refractivity contribution in [2.75, 3.05) is 46.8 Å². The quantitative estimate of drug-likeness (QED) is 0.616. The van der Waals surface area contributed by atoms with Gasteiger partial charge >= 0.3 is 0 Å². The Morgan fingerprint density at radius 3 is 2.20 bits per heavy atom. The van der Waals surface area contributed by atoms with Gasteiger partial charge in [-0.15, -0.1) is 0 Å². The fourth-order valence-corrected chi connectivity index (χ4v) is 3.75. The highest BCUT2D eigenvalue weighted by molar-refractivity contribution is 5.01. The van der Waals surface area contributed by atoms with E-state index in [1.54, 1.807) is 0 Å². The van der Waals surface area contributed by atoms with Crippen molar-refractivity contribution in [1.82, 2.24) is 14.7 Å². The van der Waals surface area contributed by atoms with Crippen molar-refractivity contribution < 1.29 is 0 Å². The van der Waals surface area contributed by atoms with Crippen LogP contribution in [0.2, 0.25) is 0 Å². The fourth-order valence-electron chi connectivity index (χ4n) is 3.75. The maximum absolute atomic E-state index is 2.76. The first kappa shape index (κ1) is 10.1. The Morgan fingerprint density at radius 1 is 0.933 bits per heavy atom. The van der Waals surface area contributed by atoms with E-state index in [0.29, 0.717) is 0 Å². The average Bonchev–Trinajstić information content (AvgIpc) is 2.77. The Morgan fingerprint density at radius 2 is 1.67 bits per heavy atom. The Kier molecular flexibility index (Phi) is 2.49. The van der Waals surface area contributed by atoms with Gasteiger partial charge in [0.25, 0.3) is 0 Å². The molecule has 0 spiro atoms. The van der Waals surface area contributed by atoms with Gasteiger partial charge in [-0.05, 0) is 32.9 Å². The minimum Gasteiger partial charge on any atom is -0.304 e. The third-order valence-corrected chi connectivity index (χ3v) is 4.79. The third kappa shape index (κ3) is 1.71. The molecule has 2 saturated heterocycles. The number of likely N-dealkylation sites (N-methyl/N-ethyl adjacent to an activating group) is 1. The third-order valence-electron chi connectivity index (χ3n) is 4.79. The van der Waals surface area contributed by atoms with Gasteiger partial charge in [-0.3, -0.25) is 4.90 Å². The van der Waals surface area contributed by atoms with Crippen molar-refractivity contribution in [3.63, 3.8) is 0 Å². The molecule has 0 aromatic rings. The Bertz CT molecular complexity index is 233. The van der Waals surface area contributed by atoms with Crippen LogP contribution in [0.25, 0.3) is 0 Å². The minimum absolute atomic E-state index is 0.902. The molecular weight excluding hydrogens is 186 g/mol. The van der Waals surface area contributed by atoms with Crippen molar-refractivity contribution in [2.45, 2.75) is 24.9 Å². The lowest BCUT2D eigenvalue weighted by molar-refractivity contribution is 0.0681. The summed E-state index contributed by atoms with van der Waals surface area (Å²) in [4.78, 5) is 7.78. The van der Waals surface area contributed by atoms with E-state index in [1.165, 1.54) is 45.6 Å². The molecule has 3 atom stereocenters. The number of hydrogen-bond donors (Lipinski definition) is 0. The van der Waals surface area contributed by atoms with Crippen LogP contribution in [-0.4, -0.2) is 73.6 Å². The van der Waals surface area contributed by atoms with Crippen molar-refractivity contribution >= 4 is 0 Å². The van der Waals surface area contributed by atoms with E-state index in [2.05, 4.69) is 28.8 Å². The molecule has 3 fully saturated rings. The van der Waals surface area contributed by atoms with Crippen LogP contribution in [0.15, 0.2) is 0 Å². The summed E-state index contributed by atoms with van der Waals surface area (Å²) in [7, 11) is 4.54. The molecule has 0 radical (unpaired) electrons. The van der Waals surface area contributed by atoms with Crippen molar-refractivity contribution in [3.05, 3.63) is 0 Å². The molecule has 2 heterocycles. The Hall–Kier alpha value is -0.120. The highest BCUT2D eigenvalue weighted by Gasteiger charge is 2.45. The van der Waals surface area contributed by atoms with Crippen LogP contribution < -0.4 is 0 Å². The lowest BCUT2D eigenvalue weighted by Crippen LogP contribution is -2.52. The van der Waals surface area contributed by atoms with Crippen LogP contribution >= 0.6 is 0 Å². The van der Waals surface area contributed by atoms with Crippen LogP contribution in [0.3, 0.4) is 0 Å². The SMILES string of the molecule is CN1CCN(C2CC3CC2CN3C)CC1. The Balaban J connectivity index is 1.61. The van der Waals surface area contributed by atoms with Crippen LogP contribution in [0, 0.1) is 5.92 Å². The zero-order chi connectivity index (χ0) is 10.4. The standard InChI is InChI=1S/C12H23N3/c1-13-3-5-15(6-4-13)12-8-11-7-10(12)9-14(11)2/h10-12H,3-9H2,1-2H3. The van der Waals surface area contributed by atoms with Gasteiger partial charge in [0.2, 0.25) is 0 Å². The molecule has 3 rings (SSSR count). The molecule has 3 aliphatic rings. The largest absolute Gasteiger partial charge is 0.304 e. The lowest BCUT2D eigenvalue weighted by atomic mass is 10.0. The molecule has 3 unspecified atom stereocenters. The molecule has 1 aliphatic carbocycles. The topological polar surface area (TPSA) is 9.72 Å². The molecule has 15 heavy (non-hydrogen) atoms. The maximum Gasteiger partial charge on any atom is 0.0152 e. The Labute approximate surface area is 93.0 Å². The summed E-state index contributed by atoms with van der Waals surface area (Å²) in [6.45, 7) is 6.48. The minimum atomic E-state index is 0.902. The monoisotopic (exact) mass is 209 g/mol. The van der Waals surface area contributed by atoms with Gasteiger partial charge in [-0.1, -0.05) is 0 Å². The van der Waals surface area contributed by atoms with Crippen molar-refractivity contribution in [2.24, 2.45) is 5.92 Å². The normalized spacial score (nSPS) is 44.0. The molecule has 1 saturated carbocycles. The van der Waals surface area contributed by atoms with Crippen LogP contribution in [0.5, 0.6) is 0 Å². The number of nitrogens with zero attached hydrogens (tertiary/aromatic N) is 3. The van der Waals surface area contributed by atoms with Crippen LogP contribution in [0.1, 0.15) is 12.8 Å². The van der Waals surface area contributed by atoms with Gasteiger partial charge in [0.1, 0.15) is 0 Å². The number of hydrogen-bond acceptors (Lipinski definition) is 3. The summed E-state index contributed by atoms with van der Waals surface area (Å²) in [5, 5.41) is 0. The summed E-state index contributed by atoms with van der Waals surface area (Å²) in [6.07, 6.45) is 2.90. The molecule has 2 bridgehead atoms. The van der Waals surface area contributed by atoms with Crippen molar-refractivity contribution in [3.8, 4) is 0 Å². The van der Waals surface area contributed by atoms with E-state index in [0.717, 1.165) is 18.0 Å². The van der Waals surface area contributed by atoms with E-state index < -0.39 is 0 Å². The van der Waals surface area contributed by atoms with Gasteiger partial charge in [-0.2, -0.15) is 0 Å². The molecule has 86 valence electrons. The number of piperidine rings is 1. The summed E-state index contributed by atoms with van der Waals surface area (Å²) >= 11 is 0. The highest BCUT2D eigenvalue weighted by atomic mass is 15.3. The van der Waals surface area contributed by atoms with E-state index in [9.17, 15) is 0 Å². The zero-order valence-corrected chi connectivity index (χ0v) is 10.0. The number of piperazine rings is 1. The predicted octanol–water partition coefficient (Wildman–Crippen LogP) is 0.326. The summed E-state index contributed by atoms with van der Waals surface area (Å²) < 4.78 is 0. The first-order valence-corrected chi connectivity index (χ1v) is 6.37. The first-order valence-electron chi connectivity index (χ1n) is 6.37. The second-order valence-electron chi connectivity index (χ2n) is 5.73. The van der Waals surface area contributed by atoms with Gasteiger partial charge < -0.3 is 9.80 Å². The zero-order valence-electron chi connectivity index (χ0n) is 10.0. The molecule has 0 amide bonds. The van der Waals surface area contributed by atoms with Gasteiger partial charge in [0.05, 0.1) is 0 Å². The van der Waals surface area contributed by atoms with E-state index in [1.807, 2.05) is 0 Å². The second-order valence-corrected chi connectivity index (χ2v) is 5.73. The maximum atomic E-state index is 2.76. The molecule has 0 aromatic heterocycles. The first-order chi connectivity index (χ1) is 7.24. The fraction of sp³-hybridized carbons (Fsp3) is 1.00. The molecule has 2 aliphatic heterocycles. The summed E-state index contributed by atoms with van der Waals surface area (Å²) in [5.41, 5.74) is 0. The second kappa shape index (κ2) is 3.72. The summed E-state index contributed by atoms with van der Waals surface area (Å²) in [6, 6.07) is 1.82. The molecule has 0 N–H and O–H groups in total. The van der Waals surface area contributed by atoms with Crippen molar-refractivity contribution in [1.29, 1.82) is 0 Å². The highest BCUT2D eigenvalue weighted by Crippen LogP contribution is 2.39. The smallest absolute Gasteiger partial charge is 0.0152 e. The van der Waals surface area contributed by atoms with Crippen LogP contribution in [0.4, 0.5) is 0 Å². The molecule has 3 heteroatoms. The van der Waals surface area contributed by atoms with Gasteiger partial charge in [0, 0.05) is 44.8 Å². The molecule has 0 aromatic carbocycles. The predicted molar refractivity (Wildman–Crippen MR) is 62.0 cm³/mol. The molecule has 3 nitrogen and oxygen atoms in total. The van der Waals surface area contributed by atoms with E-state index in [-0.39, 0.29) is 0 Å². The lowest BCUT2D eigenvalue weighted by Gasteiger charge is -2.41. The van der Waals surface area contributed by atoms with E-state index in [4.69, 9.17) is 0 Å². The number of likely N-dealkylation sites (tertiary alicyclic amines) is 1. The van der Waals surface area contributed by atoms with Gasteiger partial charge in [-0.25, -0.2) is 0 Å². The van der Waals surface area contributed by atoms with Crippen LogP contribution in [-0.2, 0) is 0 Å². The molecular formula is C12H23N3. The number of rotatable bonds is 1. The van der Waals surface area contributed by atoms with Gasteiger partial charge in [0.15, 0.2) is 0 Å². The average molecular weight is 209 g/mol. The van der Waals surface area contributed by atoms with E-state index >= 15 is 0 Å². The number of fused-ring (bicyclic) bond motifs is 2.